The van der Waals surface area contributed by atoms with Gasteiger partial charge in [-0.25, -0.2) is 9.97 Å². The summed E-state index contributed by atoms with van der Waals surface area (Å²) in [6, 6.07) is 0. The Morgan fingerprint density at radius 3 is 2.62 bits per heavy atom. The van der Waals surface area contributed by atoms with Gasteiger partial charge in [0.25, 0.3) is 0 Å². The second-order valence-electron chi connectivity index (χ2n) is 2.84. The van der Waals surface area contributed by atoms with Crippen LogP contribution in [0, 0.1) is 0 Å². The van der Waals surface area contributed by atoms with Crippen LogP contribution in [0.25, 0.3) is 0 Å². The van der Waals surface area contributed by atoms with Gasteiger partial charge in [-0.3, -0.25) is 5.10 Å². The molecular formula is C7H5F3N4OS. The van der Waals surface area contributed by atoms with Crippen LogP contribution < -0.4 is 0 Å². The number of rotatable bonds is 2. The topological polar surface area (TPSA) is 74.7 Å². The van der Waals surface area contributed by atoms with E-state index in [1.54, 1.807) is 0 Å². The number of aliphatic hydroxyl groups excluding tert-OH is 1. The SMILES string of the molecule is OC(c1ncn[nH]1)c1cnc(C(F)(F)F)s1. The van der Waals surface area contributed by atoms with E-state index in [0.29, 0.717) is 11.3 Å². The number of alkyl halides is 3. The highest BCUT2D eigenvalue weighted by molar-refractivity contribution is 7.11. The average Bonchev–Trinajstić information content (AvgIpc) is 2.87. The van der Waals surface area contributed by atoms with Gasteiger partial charge in [-0.15, -0.1) is 11.3 Å². The van der Waals surface area contributed by atoms with E-state index >= 15 is 0 Å². The highest BCUT2D eigenvalue weighted by atomic mass is 32.1. The van der Waals surface area contributed by atoms with Crippen LogP contribution >= 0.6 is 11.3 Å². The van der Waals surface area contributed by atoms with E-state index in [1.807, 2.05) is 0 Å². The van der Waals surface area contributed by atoms with Crippen molar-refractivity contribution >= 4 is 11.3 Å². The Kier molecular flexibility index (Phi) is 2.64. The first-order valence-electron chi connectivity index (χ1n) is 4.04. The van der Waals surface area contributed by atoms with Crippen molar-refractivity contribution in [2.45, 2.75) is 12.3 Å². The molecule has 0 aliphatic carbocycles. The van der Waals surface area contributed by atoms with Crippen LogP contribution in [0.15, 0.2) is 12.5 Å². The predicted molar refractivity (Wildman–Crippen MR) is 47.6 cm³/mol. The molecule has 2 rings (SSSR count). The normalized spacial score (nSPS) is 14.0. The lowest BCUT2D eigenvalue weighted by atomic mass is 10.3. The second-order valence-corrected chi connectivity index (χ2v) is 3.90. The van der Waals surface area contributed by atoms with Crippen LogP contribution in [0.4, 0.5) is 13.2 Å². The summed E-state index contributed by atoms with van der Waals surface area (Å²) < 4.78 is 36.7. The molecule has 0 aliphatic rings. The molecule has 0 saturated heterocycles. The largest absolute Gasteiger partial charge is 0.443 e. The molecule has 0 aliphatic heterocycles. The number of hydrogen-bond acceptors (Lipinski definition) is 5. The molecule has 9 heteroatoms. The molecule has 1 atom stereocenters. The number of thiazole rings is 1. The molecule has 1 unspecified atom stereocenters. The standard InChI is InChI=1S/C7H5F3N4OS/c8-7(9,10)6-11-1-3(16-6)4(15)5-12-2-13-14-5/h1-2,4,15H,(H,12,13,14). The van der Waals surface area contributed by atoms with Crippen molar-refractivity contribution in [2.75, 3.05) is 0 Å². The Labute approximate surface area is 91.0 Å². The number of nitrogens with zero attached hydrogens (tertiary/aromatic N) is 3. The summed E-state index contributed by atoms with van der Waals surface area (Å²) >= 11 is 0.372. The molecule has 0 bridgehead atoms. The number of H-pyrrole nitrogens is 1. The third kappa shape index (κ3) is 2.04. The van der Waals surface area contributed by atoms with Crippen LogP contribution in [0.2, 0.25) is 0 Å². The van der Waals surface area contributed by atoms with Crippen molar-refractivity contribution < 1.29 is 18.3 Å². The first-order valence-corrected chi connectivity index (χ1v) is 4.86. The zero-order valence-corrected chi connectivity index (χ0v) is 8.38. The van der Waals surface area contributed by atoms with Gasteiger partial charge in [0.1, 0.15) is 12.4 Å². The maximum Gasteiger partial charge on any atom is 0.443 e. The van der Waals surface area contributed by atoms with Gasteiger partial charge in [0.2, 0.25) is 0 Å². The highest BCUT2D eigenvalue weighted by Crippen LogP contribution is 2.35. The molecular weight excluding hydrogens is 245 g/mol. The number of aromatic amines is 1. The Balaban J connectivity index is 2.26. The van der Waals surface area contributed by atoms with Crippen LogP contribution in [0.3, 0.4) is 0 Å². The minimum atomic E-state index is -4.50. The zero-order chi connectivity index (χ0) is 11.8. The van der Waals surface area contributed by atoms with Gasteiger partial charge in [-0.2, -0.15) is 18.3 Å². The summed E-state index contributed by atoms with van der Waals surface area (Å²) in [4.78, 5) is 6.89. The van der Waals surface area contributed by atoms with E-state index in [1.165, 1.54) is 0 Å². The van der Waals surface area contributed by atoms with Gasteiger partial charge < -0.3 is 5.11 Å². The lowest BCUT2D eigenvalue weighted by Crippen LogP contribution is -2.03. The maximum absolute atomic E-state index is 12.2. The summed E-state index contributed by atoms with van der Waals surface area (Å²) in [5.74, 6) is 0.0809. The lowest BCUT2D eigenvalue weighted by molar-refractivity contribution is -0.137. The fraction of sp³-hybridized carbons (Fsp3) is 0.286. The third-order valence-corrected chi connectivity index (χ3v) is 2.82. The fourth-order valence-electron chi connectivity index (χ4n) is 1.03. The smallest absolute Gasteiger partial charge is 0.379 e. The fourth-order valence-corrected chi connectivity index (χ4v) is 1.80. The lowest BCUT2D eigenvalue weighted by Gasteiger charge is -2.02. The van der Waals surface area contributed by atoms with Crippen molar-refractivity contribution in [1.82, 2.24) is 20.2 Å². The van der Waals surface area contributed by atoms with Crippen molar-refractivity contribution in [3.63, 3.8) is 0 Å². The minimum Gasteiger partial charge on any atom is -0.379 e. The van der Waals surface area contributed by atoms with Gasteiger partial charge in [0, 0.05) is 6.20 Å². The molecule has 2 aromatic heterocycles. The molecule has 2 heterocycles. The van der Waals surface area contributed by atoms with Crippen molar-refractivity contribution in [3.05, 3.63) is 28.2 Å². The molecule has 0 fully saturated rings. The van der Waals surface area contributed by atoms with E-state index in [2.05, 4.69) is 20.2 Å². The number of aliphatic hydroxyl groups is 1. The third-order valence-electron chi connectivity index (χ3n) is 1.73. The number of aromatic nitrogens is 4. The van der Waals surface area contributed by atoms with E-state index in [9.17, 15) is 18.3 Å². The molecule has 0 saturated carbocycles. The zero-order valence-electron chi connectivity index (χ0n) is 7.56. The summed E-state index contributed by atoms with van der Waals surface area (Å²) in [7, 11) is 0. The quantitative estimate of drug-likeness (QED) is 0.843. The molecule has 0 spiro atoms. The van der Waals surface area contributed by atoms with Gasteiger partial charge in [-0.05, 0) is 0 Å². The second kappa shape index (κ2) is 3.83. The minimum absolute atomic E-state index is 0.0593. The van der Waals surface area contributed by atoms with E-state index in [0.717, 1.165) is 12.5 Å². The molecule has 0 amide bonds. The highest BCUT2D eigenvalue weighted by Gasteiger charge is 2.35. The van der Waals surface area contributed by atoms with Crippen LogP contribution in [0.1, 0.15) is 21.8 Å². The molecule has 2 aromatic rings. The van der Waals surface area contributed by atoms with E-state index in [4.69, 9.17) is 0 Å². The summed E-state index contributed by atoms with van der Waals surface area (Å²) in [5, 5.41) is 14.5. The first-order chi connectivity index (χ1) is 7.48. The molecule has 2 N–H and O–H groups in total. The Bertz CT molecular complexity index is 466. The van der Waals surface area contributed by atoms with Crippen molar-refractivity contribution in [2.24, 2.45) is 0 Å². The van der Waals surface area contributed by atoms with Crippen LogP contribution in [0.5, 0.6) is 0 Å². The Morgan fingerprint density at radius 1 is 1.38 bits per heavy atom. The van der Waals surface area contributed by atoms with Crippen molar-refractivity contribution in [1.29, 1.82) is 0 Å². The first kappa shape index (κ1) is 11.0. The summed E-state index contributed by atoms with van der Waals surface area (Å²) in [6.45, 7) is 0. The summed E-state index contributed by atoms with van der Waals surface area (Å²) in [5.41, 5.74) is 0. The summed E-state index contributed by atoms with van der Waals surface area (Å²) in [6.07, 6.45) is -3.63. The molecule has 86 valence electrons. The molecule has 0 aromatic carbocycles. The Morgan fingerprint density at radius 2 is 2.12 bits per heavy atom. The monoisotopic (exact) mass is 250 g/mol. The molecule has 0 radical (unpaired) electrons. The molecule has 5 nitrogen and oxygen atoms in total. The number of hydrogen-bond donors (Lipinski definition) is 2. The van der Waals surface area contributed by atoms with Gasteiger partial charge >= 0.3 is 6.18 Å². The molecule has 16 heavy (non-hydrogen) atoms. The Hall–Kier alpha value is -1.48. The number of nitrogens with one attached hydrogen (secondary N) is 1. The van der Waals surface area contributed by atoms with E-state index in [-0.39, 0.29) is 10.7 Å². The van der Waals surface area contributed by atoms with Gasteiger partial charge in [-0.1, -0.05) is 0 Å². The maximum atomic E-state index is 12.2. The van der Waals surface area contributed by atoms with Crippen molar-refractivity contribution in [3.8, 4) is 0 Å². The number of halogens is 3. The van der Waals surface area contributed by atoms with Crippen LogP contribution in [-0.2, 0) is 6.18 Å². The van der Waals surface area contributed by atoms with Gasteiger partial charge in [0.15, 0.2) is 10.8 Å². The van der Waals surface area contributed by atoms with E-state index < -0.39 is 17.3 Å². The van der Waals surface area contributed by atoms with Crippen LogP contribution in [-0.4, -0.2) is 25.3 Å². The average molecular weight is 250 g/mol. The predicted octanol–water partition coefficient (Wildman–Crippen LogP) is 1.36. The van der Waals surface area contributed by atoms with Gasteiger partial charge in [0.05, 0.1) is 4.88 Å².